The van der Waals surface area contributed by atoms with Crippen molar-refractivity contribution in [1.82, 2.24) is 14.5 Å². The van der Waals surface area contributed by atoms with Crippen LogP contribution in [-0.4, -0.2) is 41.9 Å². The van der Waals surface area contributed by atoms with Crippen molar-refractivity contribution in [3.63, 3.8) is 0 Å². The van der Waals surface area contributed by atoms with Gasteiger partial charge in [-0.25, -0.2) is 8.42 Å². The molecule has 1 fully saturated rings. The normalized spacial score (nSPS) is 16.0. The third-order valence-electron chi connectivity index (χ3n) is 5.02. The zero-order valence-corrected chi connectivity index (χ0v) is 17.4. The average Bonchev–Trinajstić information content (AvgIpc) is 3.44. The van der Waals surface area contributed by atoms with Crippen LogP contribution >= 0.6 is 11.3 Å². The number of anilines is 1. The first-order valence-corrected chi connectivity index (χ1v) is 11.5. The van der Waals surface area contributed by atoms with Gasteiger partial charge in [0.1, 0.15) is 4.21 Å². The van der Waals surface area contributed by atoms with E-state index in [2.05, 4.69) is 15.5 Å². The van der Waals surface area contributed by atoms with Gasteiger partial charge in [-0.15, -0.1) is 21.5 Å². The van der Waals surface area contributed by atoms with Crippen LogP contribution in [0.15, 0.2) is 50.7 Å². The molecule has 1 aliphatic heterocycles. The first-order valence-electron chi connectivity index (χ1n) is 9.17. The van der Waals surface area contributed by atoms with E-state index in [1.54, 1.807) is 23.6 Å². The van der Waals surface area contributed by atoms with Crippen LogP contribution in [0.2, 0.25) is 0 Å². The fourth-order valence-electron chi connectivity index (χ4n) is 3.32. The first kappa shape index (κ1) is 19.7. The van der Waals surface area contributed by atoms with E-state index in [4.69, 9.17) is 4.42 Å². The van der Waals surface area contributed by atoms with E-state index in [0.717, 1.165) is 11.1 Å². The van der Waals surface area contributed by atoms with Crippen molar-refractivity contribution in [3.05, 3.63) is 47.7 Å². The van der Waals surface area contributed by atoms with Crippen LogP contribution in [0.25, 0.3) is 11.5 Å². The molecule has 2 aromatic heterocycles. The van der Waals surface area contributed by atoms with E-state index >= 15 is 0 Å². The summed E-state index contributed by atoms with van der Waals surface area (Å²) >= 11 is 1.21. The zero-order valence-electron chi connectivity index (χ0n) is 15.7. The van der Waals surface area contributed by atoms with Gasteiger partial charge >= 0.3 is 0 Å². The zero-order chi connectivity index (χ0) is 20.4. The number of carbonyl (C=O) groups is 1. The highest BCUT2D eigenvalue weighted by atomic mass is 32.2. The molecule has 1 aliphatic rings. The van der Waals surface area contributed by atoms with Gasteiger partial charge in [-0.3, -0.25) is 4.79 Å². The molecular formula is C19H20N4O4S2. The third kappa shape index (κ3) is 4.09. The van der Waals surface area contributed by atoms with E-state index in [1.165, 1.54) is 22.0 Å². The van der Waals surface area contributed by atoms with Gasteiger partial charge in [0.05, 0.1) is 0 Å². The molecule has 0 unspecified atom stereocenters. The summed E-state index contributed by atoms with van der Waals surface area (Å²) in [6.07, 6.45) is 2.23. The van der Waals surface area contributed by atoms with Gasteiger partial charge in [-0.05, 0) is 48.9 Å². The summed E-state index contributed by atoms with van der Waals surface area (Å²) in [5.74, 6) is 0.0350. The van der Waals surface area contributed by atoms with Gasteiger partial charge in [-0.2, -0.15) is 4.31 Å². The molecule has 152 valence electrons. The Bertz CT molecular complexity index is 1090. The van der Waals surface area contributed by atoms with Crippen LogP contribution in [0, 0.1) is 12.8 Å². The van der Waals surface area contributed by atoms with Crippen molar-refractivity contribution >= 4 is 33.0 Å². The minimum atomic E-state index is -3.47. The molecule has 1 saturated heterocycles. The highest BCUT2D eigenvalue weighted by Crippen LogP contribution is 2.28. The fraction of sp³-hybridized carbons (Fsp3) is 0.316. The Morgan fingerprint density at radius 2 is 2.07 bits per heavy atom. The Labute approximate surface area is 172 Å². The number of piperidine rings is 1. The number of amides is 1. The molecule has 10 heteroatoms. The molecule has 1 aromatic carbocycles. The number of nitrogens with one attached hydrogen (secondary N) is 1. The lowest BCUT2D eigenvalue weighted by molar-refractivity contribution is -0.120. The Hall–Kier alpha value is -2.56. The molecule has 3 aromatic rings. The second-order valence-corrected chi connectivity index (χ2v) is 9.99. The second-order valence-electron chi connectivity index (χ2n) is 6.87. The quantitative estimate of drug-likeness (QED) is 0.664. The van der Waals surface area contributed by atoms with Gasteiger partial charge < -0.3 is 9.73 Å². The number of sulfonamides is 1. The molecule has 3 heterocycles. The molecule has 8 nitrogen and oxygen atoms in total. The number of rotatable bonds is 5. The number of hydrogen-bond donors (Lipinski definition) is 1. The number of nitrogens with zero attached hydrogens (tertiary/aromatic N) is 3. The number of aryl methyl sites for hydroxylation is 1. The third-order valence-corrected chi connectivity index (χ3v) is 8.29. The van der Waals surface area contributed by atoms with E-state index in [1.807, 2.05) is 19.1 Å². The lowest BCUT2D eigenvalue weighted by atomic mass is 9.97. The minimum Gasteiger partial charge on any atom is -0.423 e. The highest BCUT2D eigenvalue weighted by molar-refractivity contribution is 7.91. The number of thiophene rings is 1. The molecule has 0 bridgehead atoms. The Kier molecular flexibility index (Phi) is 5.48. The van der Waals surface area contributed by atoms with Crippen LogP contribution in [0.4, 0.5) is 5.69 Å². The summed E-state index contributed by atoms with van der Waals surface area (Å²) in [4.78, 5) is 12.8. The molecule has 4 rings (SSSR count). The van der Waals surface area contributed by atoms with Gasteiger partial charge in [0, 0.05) is 30.3 Å². The smallest absolute Gasteiger partial charge is 0.252 e. The average molecular weight is 433 g/mol. The van der Waals surface area contributed by atoms with E-state index in [-0.39, 0.29) is 11.8 Å². The van der Waals surface area contributed by atoms with Crippen molar-refractivity contribution in [2.75, 3.05) is 18.4 Å². The summed E-state index contributed by atoms with van der Waals surface area (Å²) in [5.41, 5.74) is 2.32. The molecule has 0 saturated carbocycles. The number of aromatic nitrogens is 2. The Morgan fingerprint density at radius 3 is 2.72 bits per heavy atom. The van der Waals surface area contributed by atoms with Crippen LogP contribution in [-0.2, 0) is 14.8 Å². The molecule has 29 heavy (non-hydrogen) atoms. The van der Waals surface area contributed by atoms with E-state index in [0.29, 0.717) is 41.7 Å². The van der Waals surface area contributed by atoms with Gasteiger partial charge in [0.2, 0.25) is 18.2 Å². The SMILES string of the molecule is Cc1ccc(-c2nnco2)cc1NC(=O)C1CCN(S(=O)(=O)c2cccs2)CC1. The maximum absolute atomic E-state index is 12.8. The Balaban J connectivity index is 1.41. The highest BCUT2D eigenvalue weighted by Gasteiger charge is 2.32. The lowest BCUT2D eigenvalue weighted by Gasteiger charge is -2.30. The maximum atomic E-state index is 12.8. The van der Waals surface area contributed by atoms with Crippen molar-refractivity contribution in [1.29, 1.82) is 0 Å². The minimum absolute atomic E-state index is 0.107. The summed E-state index contributed by atoms with van der Waals surface area (Å²) in [5, 5.41) is 12.3. The standard InChI is InChI=1S/C19H20N4O4S2/c1-13-4-5-15(19-22-20-12-27-19)11-16(13)21-18(24)14-6-8-23(9-7-14)29(25,26)17-3-2-10-28-17/h2-5,10-12,14H,6-9H2,1H3,(H,21,24). The molecule has 1 N–H and O–H groups in total. The van der Waals surface area contributed by atoms with Gasteiger partial charge in [-0.1, -0.05) is 12.1 Å². The summed E-state index contributed by atoms with van der Waals surface area (Å²) in [6, 6.07) is 8.87. The monoisotopic (exact) mass is 432 g/mol. The summed E-state index contributed by atoms with van der Waals surface area (Å²) in [6.45, 7) is 2.57. The van der Waals surface area contributed by atoms with Crippen molar-refractivity contribution in [2.24, 2.45) is 5.92 Å². The van der Waals surface area contributed by atoms with Crippen LogP contribution < -0.4 is 5.32 Å². The van der Waals surface area contributed by atoms with Crippen LogP contribution in [0.1, 0.15) is 18.4 Å². The number of hydrogen-bond acceptors (Lipinski definition) is 7. The fourth-order valence-corrected chi connectivity index (χ4v) is 5.93. The summed E-state index contributed by atoms with van der Waals surface area (Å²) in [7, 11) is -3.47. The molecule has 0 aliphatic carbocycles. The largest absolute Gasteiger partial charge is 0.423 e. The van der Waals surface area contributed by atoms with Crippen molar-refractivity contribution in [2.45, 2.75) is 24.0 Å². The second kappa shape index (κ2) is 8.05. The summed E-state index contributed by atoms with van der Waals surface area (Å²) < 4.78 is 32.3. The molecule has 0 spiro atoms. The molecular weight excluding hydrogens is 412 g/mol. The number of benzene rings is 1. The predicted octanol–water partition coefficient (Wildman–Crippen LogP) is 3.15. The van der Waals surface area contributed by atoms with E-state index in [9.17, 15) is 13.2 Å². The lowest BCUT2D eigenvalue weighted by Crippen LogP contribution is -2.41. The van der Waals surface area contributed by atoms with Crippen LogP contribution in [0.5, 0.6) is 0 Å². The van der Waals surface area contributed by atoms with E-state index < -0.39 is 10.0 Å². The van der Waals surface area contributed by atoms with Gasteiger partial charge in [0.25, 0.3) is 10.0 Å². The van der Waals surface area contributed by atoms with Crippen molar-refractivity contribution < 1.29 is 17.6 Å². The Morgan fingerprint density at radius 1 is 1.28 bits per heavy atom. The maximum Gasteiger partial charge on any atom is 0.252 e. The molecule has 0 atom stereocenters. The van der Waals surface area contributed by atoms with Gasteiger partial charge in [0.15, 0.2) is 0 Å². The topological polar surface area (TPSA) is 105 Å². The molecule has 1 amide bonds. The van der Waals surface area contributed by atoms with Crippen LogP contribution in [0.3, 0.4) is 0 Å². The number of carbonyl (C=O) groups excluding carboxylic acids is 1. The first-order chi connectivity index (χ1) is 13.9. The van der Waals surface area contributed by atoms with Crippen molar-refractivity contribution in [3.8, 4) is 11.5 Å². The predicted molar refractivity (Wildman–Crippen MR) is 109 cm³/mol. The molecule has 0 radical (unpaired) electrons.